The molecule has 86 valence electrons. The van der Waals surface area contributed by atoms with Crippen LogP contribution in [-0.4, -0.2) is 47.7 Å². The Balaban J connectivity index is 2.04. The van der Waals surface area contributed by atoms with Gasteiger partial charge in [-0.1, -0.05) is 0 Å². The van der Waals surface area contributed by atoms with E-state index in [2.05, 4.69) is 5.10 Å². The molecule has 0 bridgehead atoms. The Morgan fingerprint density at radius 1 is 1.25 bits per heavy atom. The molecule has 0 aliphatic carbocycles. The lowest BCUT2D eigenvalue weighted by Crippen LogP contribution is -2.32. The van der Waals surface area contributed by atoms with Gasteiger partial charge >= 0.3 is 0 Å². The van der Waals surface area contributed by atoms with Gasteiger partial charge in [-0.05, 0) is 12.1 Å². The number of rotatable bonds is 2. The SMILES string of the molecule is Oc1ccc(/C=N/N2CCOCC2)c(O)c1. The van der Waals surface area contributed by atoms with Gasteiger partial charge in [-0.15, -0.1) is 0 Å². The molecule has 1 aromatic rings. The minimum atomic E-state index is 0.0250. The quantitative estimate of drug-likeness (QED) is 0.725. The van der Waals surface area contributed by atoms with Gasteiger partial charge in [-0.3, -0.25) is 5.01 Å². The zero-order valence-electron chi connectivity index (χ0n) is 8.83. The topological polar surface area (TPSA) is 65.3 Å². The molecule has 1 fully saturated rings. The van der Waals surface area contributed by atoms with Crippen molar-refractivity contribution in [2.75, 3.05) is 26.3 Å². The fourth-order valence-electron chi connectivity index (χ4n) is 1.45. The highest BCUT2D eigenvalue weighted by Gasteiger charge is 2.06. The van der Waals surface area contributed by atoms with Crippen LogP contribution in [0, 0.1) is 0 Å². The normalized spacial score (nSPS) is 16.9. The number of phenolic OH excluding ortho intramolecular Hbond substituents is 2. The largest absolute Gasteiger partial charge is 0.508 e. The second-order valence-electron chi connectivity index (χ2n) is 3.55. The highest BCUT2D eigenvalue weighted by Crippen LogP contribution is 2.20. The second-order valence-corrected chi connectivity index (χ2v) is 3.55. The molecule has 1 saturated heterocycles. The van der Waals surface area contributed by atoms with E-state index in [1.54, 1.807) is 12.3 Å². The number of benzene rings is 1. The number of hydrazone groups is 1. The van der Waals surface area contributed by atoms with Gasteiger partial charge in [0.15, 0.2) is 0 Å². The Hall–Kier alpha value is -1.75. The third-order valence-corrected chi connectivity index (χ3v) is 2.36. The third-order valence-electron chi connectivity index (χ3n) is 2.36. The third kappa shape index (κ3) is 2.64. The molecule has 0 atom stereocenters. The van der Waals surface area contributed by atoms with E-state index in [1.165, 1.54) is 12.1 Å². The molecule has 0 aromatic heterocycles. The minimum Gasteiger partial charge on any atom is -0.508 e. The summed E-state index contributed by atoms with van der Waals surface area (Å²) >= 11 is 0. The van der Waals surface area contributed by atoms with Gasteiger partial charge < -0.3 is 14.9 Å². The van der Waals surface area contributed by atoms with E-state index in [1.807, 2.05) is 5.01 Å². The highest BCUT2D eigenvalue weighted by molar-refractivity contribution is 5.83. The van der Waals surface area contributed by atoms with E-state index in [0.29, 0.717) is 18.8 Å². The molecular weight excluding hydrogens is 208 g/mol. The standard InChI is InChI=1S/C11H14N2O3/c14-10-2-1-9(11(15)7-10)8-12-13-3-5-16-6-4-13/h1-2,7-8,14-15H,3-6H2/b12-8+. The summed E-state index contributed by atoms with van der Waals surface area (Å²) in [5.41, 5.74) is 0.587. The van der Waals surface area contributed by atoms with Gasteiger partial charge in [0, 0.05) is 11.6 Å². The number of ether oxygens (including phenoxy) is 1. The summed E-state index contributed by atoms with van der Waals surface area (Å²) in [5.74, 6) is 0.0676. The molecule has 1 aromatic carbocycles. The molecule has 1 heterocycles. The van der Waals surface area contributed by atoms with Crippen LogP contribution in [0.4, 0.5) is 0 Å². The Bertz CT molecular complexity index is 387. The van der Waals surface area contributed by atoms with Crippen LogP contribution in [0.5, 0.6) is 11.5 Å². The van der Waals surface area contributed by atoms with Gasteiger partial charge in [0.1, 0.15) is 11.5 Å². The van der Waals surface area contributed by atoms with Crippen molar-refractivity contribution >= 4 is 6.21 Å². The van der Waals surface area contributed by atoms with Crippen LogP contribution in [0.25, 0.3) is 0 Å². The van der Waals surface area contributed by atoms with Crippen LogP contribution >= 0.6 is 0 Å². The van der Waals surface area contributed by atoms with Crippen LogP contribution in [0.15, 0.2) is 23.3 Å². The summed E-state index contributed by atoms with van der Waals surface area (Å²) in [7, 11) is 0. The zero-order valence-corrected chi connectivity index (χ0v) is 8.83. The predicted octanol–water partition coefficient (Wildman–Crippen LogP) is 0.764. The van der Waals surface area contributed by atoms with Gasteiger partial charge in [-0.2, -0.15) is 5.10 Å². The van der Waals surface area contributed by atoms with Crippen molar-refractivity contribution in [2.45, 2.75) is 0 Å². The van der Waals surface area contributed by atoms with Crippen molar-refractivity contribution in [3.05, 3.63) is 23.8 Å². The Morgan fingerprint density at radius 2 is 2.00 bits per heavy atom. The molecule has 0 unspecified atom stereocenters. The summed E-state index contributed by atoms with van der Waals surface area (Å²) < 4.78 is 5.19. The Kier molecular flexibility index (Phi) is 3.26. The van der Waals surface area contributed by atoms with Gasteiger partial charge in [0.2, 0.25) is 0 Å². The van der Waals surface area contributed by atoms with Crippen molar-refractivity contribution in [2.24, 2.45) is 5.10 Å². The average Bonchev–Trinajstić information content (AvgIpc) is 2.29. The van der Waals surface area contributed by atoms with Crippen LogP contribution in [0.3, 0.4) is 0 Å². The second kappa shape index (κ2) is 4.85. The number of aromatic hydroxyl groups is 2. The maximum absolute atomic E-state index is 9.53. The maximum Gasteiger partial charge on any atom is 0.128 e. The van der Waals surface area contributed by atoms with Crippen LogP contribution in [-0.2, 0) is 4.74 Å². The highest BCUT2D eigenvalue weighted by atomic mass is 16.5. The molecule has 0 saturated carbocycles. The van der Waals surface area contributed by atoms with Gasteiger partial charge in [-0.25, -0.2) is 0 Å². The number of hydrogen-bond donors (Lipinski definition) is 2. The average molecular weight is 222 g/mol. The summed E-state index contributed by atoms with van der Waals surface area (Å²) in [6.45, 7) is 2.88. The van der Waals surface area contributed by atoms with E-state index in [0.717, 1.165) is 13.1 Å². The molecule has 0 amide bonds. The van der Waals surface area contributed by atoms with Crippen molar-refractivity contribution in [1.82, 2.24) is 5.01 Å². The van der Waals surface area contributed by atoms with Crippen LogP contribution in [0.2, 0.25) is 0 Å². The number of hydrogen-bond acceptors (Lipinski definition) is 5. The zero-order chi connectivity index (χ0) is 11.4. The van der Waals surface area contributed by atoms with Crippen LogP contribution < -0.4 is 0 Å². The fourth-order valence-corrected chi connectivity index (χ4v) is 1.45. The summed E-state index contributed by atoms with van der Waals surface area (Å²) in [6.07, 6.45) is 1.58. The van der Waals surface area contributed by atoms with E-state index in [-0.39, 0.29) is 11.5 Å². The van der Waals surface area contributed by atoms with Crippen molar-refractivity contribution in [3.8, 4) is 11.5 Å². The maximum atomic E-state index is 9.53. The predicted molar refractivity (Wildman–Crippen MR) is 59.8 cm³/mol. The van der Waals surface area contributed by atoms with E-state index in [9.17, 15) is 5.11 Å². The number of morpholine rings is 1. The lowest BCUT2D eigenvalue weighted by atomic mass is 10.2. The molecule has 2 rings (SSSR count). The van der Waals surface area contributed by atoms with Gasteiger partial charge in [0.25, 0.3) is 0 Å². The summed E-state index contributed by atoms with van der Waals surface area (Å²) in [6, 6.07) is 4.43. The molecule has 16 heavy (non-hydrogen) atoms. The van der Waals surface area contributed by atoms with Gasteiger partial charge in [0.05, 0.1) is 32.5 Å². The first kappa shape index (κ1) is 10.8. The molecule has 1 aliphatic rings. The summed E-state index contributed by atoms with van der Waals surface area (Å²) in [4.78, 5) is 0. The Labute approximate surface area is 93.6 Å². The van der Waals surface area contributed by atoms with E-state index in [4.69, 9.17) is 9.84 Å². The van der Waals surface area contributed by atoms with Crippen LogP contribution in [0.1, 0.15) is 5.56 Å². The first-order valence-electron chi connectivity index (χ1n) is 5.14. The molecular formula is C11H14N2O3. The lowest BCUT2D eigenvalue weighted by Gasteiger charge is -2.23. The fraction of sp³-hybridized carbons (Fsp3) is 0.364. The molecule has 0 spiro atoms. The van der Waals surface area contributed by atoms with Crippen molar-refractivity contribution in [3.63, 3.8) is 0 Å². The molecule has 2 N–H and O–H groups in total. The summed E-state index contributed by atoms with van der Waals surface area (Å²) in [5, 5.41) is 24.8. The lowest BCUT2D eigenvalue weighted by molar-refractivity contribution is 0.0397. The monoisotopic (exact) mass is 222 g/mol. The molecule has 1 aliphatic heterocycles. The number of phenols is 2. The van der Waals surface area contributed by atoms with E-state index >= 15 is 0 Å². The smallest absolute Gasteiger partial charge is 0.128 e. The molecule has 0 radical (unpaired) electrons. The van der Waals surface area contributed by atoms with Crippen molar-refractivity contribution < 1.29 is 14.9 Å². The molecule has 5 heteroatoms. The minimum absolute atomic E-state index is 0.0250. The first-order chi connectivity index (χ1) is 7.75. The number of nitrogens with zero attached hydrogens (tertiary/aromatic N) is 2. The first-order valence-corrected chi connectivity index (χ1v) is 5.14. The Morgan fingerprint density at radius 3 is 2.69 bits per heavy atom. The van der Waals surface area contributed by atoms with E-state index < -0.39 is 0 Å². The van der Waals surface area contributed by atoms with Crippen molar-refractivity contribution in [1.29, 1.82) is 0 Å². The molecule has 5 nitrogen and oxygen atoms in total.